The van der Waals surface area contributed by atoms with Crippen molar-refractivity contribution >= 4 is 0 Å². The Kier molecular flexibility index (Phi) is 6.98. The van der Waals surface area contributed by atoms with E-state index in [1.807, 2.05) is 0 Å². The Morgan fingerprint density at radius 3 is 2.48 bits per heavy atom. The van der Waals surface area contributed by atoms with Gasteiger partial charge in [-0.2, -0.15) is 0 Å². The van der Waals surface area contributed by atoms with Crippen LogP contribution in [0, 0.1) is 5.92 Å². The van der Waals surface area contributed by atoms with Gasteiger partial charge in [0.15, 0.2) is 6.29 Å². The number of ether oxygens (including phenoxy) is 2. The summed E-state index contributed by atoms with van der Waals surface area (Å²) >= 11 is 0. The van der Waals surface area contributed by atoms with Crippen molar-refractivity contribution in [3.63, 3.8) is 0 Å². The second-order valence-corrected chi connectivity index (χ2v) is 5.86. The van der Waals surface area contributed by atoms with Gasteiger partial charge in [0.25, 0.3) is 0 Å². The summed E-state index contributed by atoms with van der Waals surface area (Å²) in [7, 11) is 0. The van der Waals surface area contributed by atoms with Gasteiger partial charge in [0.1, 0.15) is 0 Å². The molecule has 1 aliphatic rings. The van der Waals surface area contributed by atoms with Gasteiger partial charge in [0, 0.05) is 11.5 Å². The van der Waals surface area contributed by atoms with Crippen LogP contribution in [0.2, 0.25) is 0 Å². The predicted octanol–water partition coefficient (Wildman–Crippen LogP) is 5.05. The molecule has 0 radical (unpaired) electrons. The van der Waals surface area contributed by atoms with Crippen molar-refractivity contribution in [3.05, 3.63) is 47.5 Å². The van der Waals surface area contributed by atoms with Crippen LogP contribution in [0.3, 0.4) is 0 Å². The number of rotatable bonds is 7. The highest BCUT2D eigenvalue weighted by Crippen LogP contribution is 2.27. The van der Waals surface area contributed by atoms with Gasteiger partial charge in [-0.05, 0) is 31.7 Å². The first-order chi connectivity index (χ1) is 10.3. The second-order valence-electron chi connectivity index (χ2n) is 5.86. The van der Waals surface area contributed by atoms with Gasteiger partial charge in [-0.1, -0.05) is 56.2 Å². The summed E-state index contributed by atoms with van der Waals surface area (Å²) in [6, 6.07) is 8.66. The molecule has 1 heterocycles. The molecule has 1 saturated heterocycles. The lowest BCUT2D eigenvalue weighted by atomic mass is 10.0. The van der Waals surface area contributed by atoms with Crippen LogP contribution in [0.5, 0.6) is 0 Å². The molecule has 1 fully saturated rings. The smallest absolute Gasteiger partial charge is 0.183 e. The van der Waals surface area contributed by atoms with E-state index < -0.39 is 0 Å². The topological polar surface area (TPSA) is 18.5 Å². The zero-order valence-corrected chi connectivity index (χ0v) is 13.4. The largest absolute Gasteiger partial charge is 0.348 e. The van der Waals surface area contributed by atoms with Crippen molar-refractivity contribution in [2.45, 2.75) is 52.2 Å². The van der Waals surface area contributed by atoms with Crippen molar-refractivity contribution in [2.75, 3.05) is 13.2 Å². The molecule has 0 spiro atoms. The number of allylic oxidation sites excluding steroid dienone is 2. The van der Waals surface area contributed by atoms with E-state index in [0.717, 1.165) is 31.6 Å². The Hall–Kier alpha value is -1.12. The van der Waals surface area contributed by atoms with Crippen molar-refractivity contribution in [1.29, 1.82) is 0 Å². The summed E-state index contributed by atoms with van der Waals surface area (Å²) in [4.78, 5) is 0. The van der Waals surface area contributed by atoms with Crippen LogP contribution in [-0.4, -0.2) is 13.2 Å². The minimum absolute atomic E-state index is 0.174. The summed E-state index contributed by atoms with van der Waals surface area (Å²) < 4.78 is 11.8. The molecule has 0 aliphatic carbocycles. The lowest BCUT2D eigenvalue weighted by molar-refractivity contribution is -0.206. The van der Waals surface area contributed by atoms with E-state index in [1.54, 1.807) is 0 Å². The van der Waals surface area contributed by atoms with E-state index in [2.05, 4.69) is 50.3 Å². The fourth-order valence-corrected chi connectivity index (χ4v) is 2.65. The number of hydrogen-bond donors (Lipinski definition) is 0. The highest BCUT2D eigenvalue weighted by Gasteiger charge is 2.22. The molecule has 0 bridgehead atoms. The number of benzene rings is 1. The number of hydrogen-bond acceptors (Lipinski definition) is 2. The van der Waals surface area contributed by atoms with Crippen molar-refractivity contribution in [2.24, 2.45) is 5.92 Å². The summed E-state index contributed by atoms with van der Waals surface area (Å²) in [5.41, 5.74) is 2.51. The van der Waals surface area contributed by atoms with E-state index in [9.17, 15) is 0 Å². The average molecular weight is 288 g/mol. The zero-order chi connectivity index (χ0) is 14.9. The van der Waals surface area contributed by atoms with E-state index in [0.29, 0.717) is 5.92 Å². The van der Waals surface area contributed by atoms with Crippen LogP contribution in [-0.2, 0) is 15.9 Å². The molecule has 0 saturated carbocycles. The Bertz CT molecular complexity index is 414. The zero-order valence-electron chi connectivity index (χ0n) is 13.4. The van der Waals surface area contributed by atoms with Crippen LogP contribution in [0.4, 0.5) is 0 Å². The highest BCUT2D eigenvalue weighted by atomic mass is 16.7. The van der Waals surface area contributed by atoms with Crippen LogP contribution < -0.4 is 0 Å². The van der Waals surface area contributed by atoms with E-state index >= 15 is 0 Å². The van der Waals surface area contributed by atoms with Crippen molar-refractivity contribution < 1.29 is 9.47 Å². The van der Waals surface area contributed by atoms with E-state index in [-0.39, 0.29) is 6.29 Å². The predicted molar refractivity (Wildman–Crippen MR) is 87.2 cm³/mol. The molecule has 0 N–H and O–H groups in total. The molecule has 0 unspecified atom stereocenters. The maximum absolute atomic E-state index is 5.88. The molecular formula is C19H28O2. The molecular weight excluding hydrogens is 260 g/mol. The molecule has 0 atom stereocenters. The summed E-state index contributed by atoms with van der Waals surface area (Å²) in [6.07, 6.45) is 10.1. The fraction of sp³-hybridized carbons (Fsp3) is 0.579. The summed E-state index contributed by atoms with van der Waals surface area (Å²) in [5, 5.41) is 0. The molecule has 1 aromatic rings. The maximum Gasteiger partial charge on any atom is 0.183 e. The van der Waals surface area contributed by atoms with Gasteiger partial charge in [-0.3, -0.25) is 0 Å². The highest BCUT2D eigenvalue weighted by molar-refractivity contribution is 5.24. The Morgan fingerprint density at radius 1 is 1.14 bits per heavy atom. The minimum Gasteiger partial charge on any atom is -0.348 e. The van der Waals surface area contributed by atoms with E-state index in [1.165, 1.54) is 24.8 Å². The SMILES string of the molecule is CC=CCCc1ccc(C2OCC(CCCC)CO2)cc1. The lowest BCUT2D eigenvalue weighted by Gasteiger charge is -2.29. The average Bonchev–Trinajstić information content (AvgIpc) is 2.54. The molecule has 2 rings (SSSR count). The summed E-state index contributed by atoms with van der Waals surface area (Å²) in [6.45, 7) is 5.95. The lowest BCUT2D eigenvalue weighted by Crippen LogP contribution is -2.27. The normalized spacial score (nSPS) is 22.8. The van der Waals surface area contributed by atoms with Gasteiger partial charge in [0.2, 0.25) is 0 Å². The molecule has 0 amide bonds. The van der Waals surface area contributed by atoms with Crippen LogP contribution in [0.15, 0.2) is 36.4 Å². The minimum atomic E-state index is -0.174. The molecule has 1 aliphatic heterocycles. The van der Waals surface area contributed by atoms with Gasteiger partial charge in [-0.15, -0.1) is 0 Å². The first-order valence-corrected chi connectivity index (χ1v) is 8.26. The van der Waals surface area contributed by atoms with Gasteiger partial charge in [-0.25, -0.2) is 0 Å². The molecule has 2 heteroatoms. The third-order valence-electron chi connectivity index (χ3n) is 4.02. The Morgan fingerprint density at radius 2 is 1.86 bits per heavy atom. The molecule has 1 aromatic carbocycles. The molecule has 2 nitrogen and oxygen atoms in total. The van der Waals surface area contributed by atoms with E-state index in [4.69, 9.17) is 9.47 Å². The first kappa shape index (κ1) is 16.3. The Labute approximate surface area is 129 Å². The summed E-state index contributed by atoms with van der Waals surface area (Å²) in [5.74, 6) is 0.571. The van der Waals surface area contributed by atoms with Gasteiger partial charge < -0.3 is 9.47 Å². The maximum atomic E-state index is 5.88. The Balaban J connectivity index is 1.80. The standard InChI is InChI=1S/C19H28O2/c1-3-5-7-9-16-10-12-18(13-11-16)19-20-14-17(15-21-19)8-6-4-2/h3,5,10-13,17,19H,4,6-9,14-15H2,1-2H3. The van der Waals surface area contributed by atoms with Crippen LogP contribution >= 0.6 is 0 Å². The van der Waals surface area contributed by atoms with Crippen LogP contribution in [0.25, 0.3) is 0 Å². The van der Waals surface area contributed by atoms with Crippen molar-refractivity contribution in [1.82, 2.24) is 0 Å². The third-order valence-corrected chi connectivity index (χ3v) is 4.02. The monoisotopic (exact) mass is 288 g/mol. The van der Waals surface area contributed by atoms with Crippen LogP contribution in [0.1, 0.15) is 56.9 Å². The third kappa shape index (κ3) is 5.29. The van der Waals surface area contributed by atoms with Gasteiger partial charge in [0.05, 0.1) is 13.2 Å². The van der Waals surface area contributed by atoms with Crippen molar-refractivity contribution in [3.8, 4) is 0 Å². The molecule has 21 heavy (non-hydrogen) atoms. The van der Waals surface area contributed by atoms with Gasteiger partial charge >= 0.3 is 0 Å². The number of aryl methyl sites for hydroxylation is 1. The molecule has 0 aromatic heterocycles. The fourth-order valence-electron chi connectivity index (χ4n) is 2.65. The second kappa shape index (κ2) is 9.01. The first-order valence-electron chi connectivity index (χ1n) is 8.26. The molecule has 116 valence electrons. The quantitative estimate of drug-likeness (QED) is 0.654. The number of unbranched alkanes of at least 4 members (excludes halogenated alkanes) is 1.